The van der Waals surface area contributed by atoms with Gasteiger partial charge >= 0.3 is 0 Å². The maximum atomic E-state index is 12.0. The van der Waals surface area contributed by atoms with Crippen LogP contribution in [0.1, 0.15) is 18.9 Å². The third-order valence-electron chi connectivity index (χ3n) is 3.36. The van der Waals surface area contributed by atoms with Crippen molar-refractivity contribution in [2.45, 2.75) is 19.8 Å². The van der Waals surface area contributed by atoms with Crippen LogP contribution < -0.4 is 15.4 Å². The molecule has 0 bridgehead atoms. The van der Waals surface area contributed by atoms with Crippen LogP contribution in [0.15, 0.2) is 54.6 Å². The minimum atomic E-state index is -0.362. The Labute approximate surface area is 142 Å². The normalized spacial score (nSPS) is 10.0. The van der Waals surface area contributed by atoms with E-state index in [9.17, 15) is 9.59 Å². The molecule has 0 aromatic heterocycles. The van der Waals surface area contributed by atoms with E-state index in [1.54, 1.807) is 18.2 Å². The Bertz CT molecular complexity index is 671. The molecule has 5 heteroatoms. The lowest BCUT2D eigenvalue weighted by Crippen LogP contribution is -2.29. The minimum absolute atomic E-state index is 0.213. The molecule has 0 aliphatic carbocycles. The molecular weight excluding hydrogens is 304 g/mol. The van der Waals surface area contributed by atoms with Crippen LogP contribution in [-0.4, -0.2) is 25.0 Å². The van der Waals surface area contributed by atoms with E-state index in [0.717, 1.165) is 12.0 Å². The molecule has 0 aliphatic heterocycles. The highest BCUT2D eigenvalue weighted by Crippen LogP contribution is 2.23. The number of anilines is 1. The number of carbonyl (C=O) groups is 2. The number of benzene rings is 2. The van der Waals surface area contributed by atoms with Gasteiger partial charge in [-0.2, -0.15) is 0 Å². The maximum Gasteiger partial charge on any atom is 0.233 e. The Hall–Kier alpha value is -2.82. The van der Waals surface area contributed by atoms with Gasteiger partial charge in [-0.25, -0.2) is 0 Å². The molecule has 5 nitrogen and oxygen atoms in total. The molecule has 0 spiro atoms. The molecule has 0 saturated heterocycles. The van der Waals surface area contributed by atoms with Gasteiger partial charge in [-0.15, -0.1) is 0 Å². The number of amides is 2. The highest BCUT2D eigenvalue weighted by Gasteiger charge is 2.11. The quantitative estimate of drug-likeness (QED) is 0.733. The zero-order valence-electron chi connectivity index (χ0n) is 13.7. The van der Waals surface area contributed by atoms with E-state index in [1.165, 1.54) is 0 Å². The number of carbonyl (C=O) groups excluding carboxylic acids is 2. The fourth-order valence-corrected chi connectivity index (χ4v) is 2.24. The summed E-state index contributed by atoms with van der Waals surface area (Å²) in [6.07, 6.45) is 0.524. The lowest BCUT2D eigenvalue weighted by molar-refractivity contribution is -0.126. The minimum Gasteiger partial charge on any atom is -0.492 e. The SMILES string of the molecule is CCOc1ccccc1NC(=O)CC(=O)NCCc1ccccc1. The molecule has 0 radical (unpaired) electrons. The highest BCUT2D eigenvalue weighted by atomic mass is 16.5. The summed E-state index contributed by atoms with van der Waals surface area (Å²) >= 11 is 0. The van der Waals surface area contributed by atoms with E-state index in [4.69, 9.17) is 4.74 Å². The summed E-state index contributed by atoms with van der Waals surface area (Å²) < 4.78 is 5.44. The van der Waals surface area contributed by atoms with Crippen LogP contribution in [0.4, 0.5) is 5.69 Å². The Balaban J connectivity index is 1.76. The first-order valence-electron chi connectivity index (χ1n) is 8.01. The van der Waals surface area contributed by atoms with Crippen molar-refractivity contribution in [1.29, 1.82) is 0 Å². The summed E-state index contributed by atoms with van der Waals surface area (Å²) in [5, 5.41) is 5.47. The molecule has 2 rings (SSSR count). The second-order valence-corrected chi connectivity index (χ2v) is 5.24. The smallest absolute Gasteiger partial charge is 0.233 e. The lowest BCUT2D eigenvalue weighted by atomic mass is 10.1. The fourth-order valence-electron chi connectivity index (χ4n) is 2.24. The molecule has 126 valence electrons. The number of rotatable bonds is 8. The molecule has 2 N–H and O–H groups in total. The number of nitrogens with one attached hydrogen (secondary N) is 2. The summed E-state index contributed by atoms with van der Waals surface area (Å²) in [5.74, 6) is -0.0606. The van der Waals surface area contributed by atoms with Crippen LogP contribution in [0.5, 0.6) is 5.75 Å². The van der Waals surface area contributed by atoms with Gasteiger partial charge in [0.1, 0.15) is 12.2 Å². The maximum absolute atomic E-state index is 12.0. The van der Waals surface area contributed by atoms with Gasteiger partial charge in [-0.3, -0.25) is 9.59 Å². The zero-order valence-corrected chi connectivity index (χ0v) is 13.7. The second-order valence-electron chi connectivity index (χ2n) is 5.24. The fraction of sp³-hybridized carbons (Fsp3) is 0.263. The van der Waals surface area contributed by atoms with Crippen LogP contribution in [0.2, 0.25) is 0 Å². The molecule has 2 amide bonds. The van der Waals surface area contributed by atoms with Gasteiger partial charge in [0, 0.05) is 6.54 Å². The van der Waals surface area contributed by atoms with E-state index in [2.05, 4.69) is 10.6 Å². The third kappa shape index (κ3) is 5.76. The van der Waals surface area contributed by atoms with Crippen LogP contribution >= 0.6 is 0 Å². The molecule has 0 atom stereocenters. The van der Waals surface area contributed by atoms with Crippen molar-refractivity contribution in [3.05, 3.63) is 60.2 Å². The van der Waals surface area contributed by atoms with Gasteiger partial charge in [0.2, 0.25) is 11.8 Å². The summed E-state index contributed by atoms with van der Waals surface area (Å²) in [6.45, 7) is 2.89. The summed E-state index contributed by atoms with van der Waals surface area (Å²) in [7, 11) is 0. The molecule has 0 unspecified atom stereocenters. The molecule has 0 fully saturated rings. The second kappa shape index (κ2) is 9.35. The molecule has 2 aromatic rings. The van der Waals surface area contributed by atoms with Crippen molar-refractivity contribution in [2.75, 3.05) is 18.5 Å². The monoisotopic (exact) mass is 326 g/mol. The third-order valence-corrected chi connectivity index (χ3v) is 3.36. The first kappa shape index (κ1) is 17.5. The van der Waals surface area contributed by atoms with Crippen LogP contribution in [0.25, 0.3) is 0 Å². The van der Waals surface area contributed by atoms with E-state index in [-0.39, 0.29) is 18.2 Å². The molecule has 0 heterocycles. The van der Waals surface area contributed by atoms with Gasteiger partial charge in [0.25, 0.3) is 0 Å². The Morgan fingerprint density at radius 2 is 1.67 bits per heavy atom. The van der Waals surface area contributed by atoms with Gasteiger partial charge in [-0.05, 0) is 31.0 Å². The molecule has 24 heavy (non-hydrogen) atoms. The zero-order chi connectivity index (χ0) is 17.2. The largest absolute Gasteiger partial charge is 0.492 e. The van der Waals surface area contributed by atoms with E-state index >= 15 is 0 Å². The first-order valence-corrected chi connectivity index (χ1v) is 8.01. The molecule has 0 saturated carbocycles. The summed E-state index contributed by atoms with van der Waals surface area (Å²) in [4.78, 5) is 23.8. The van der Waals surface area contributed by atoms with Gasteiger partial charge < -0.3 is 15.4 Å². The van der Waals surface area contributed by atoms with E-state index in [0.29, 0.717) is 24.6 Å². The van der Waals surface area contributed by atoms with Crippen LogP contribution in [0.3, 0.4) is 0 Å². The van der Waals surface area contributed by atoms with E-state index in [1.807, 2.05) is 43.3 Å². The van der Waals surface area contributed by atoms with Crippen LogP contribution in [0, 0.1) is 0 Å². The average Bonchev–Trinajstić information content (AvgIpc) is 2.58. The van der Waals surface area contributed by atoms with Gasteiger partial charge in [-0.1, -0.05) is 42.5 Å². The Kier molecular flexibility index (Phi) is 6.83. The predicted octanol–water partition coefficient (Wildman–Crippen LogP) is 2.77. The highest BCUT2D eigenvalue weighted by molar-refractivity contribution is 6.04. The molecule has 0 aliphatic rings. The average molecular weight is 326 g/mol. The topological polar surface area (TPSA) is 67.4 Å². The number of hydrogen-bond donors (Lipinski definition) is 2. The van der Waals surface area contributed by atoms with E-state index < -0.39 is 0 Å². The van der Waals surface area contributed by atoms with Crippen molar-refractivity contribution in [2.24, 2.45) is 0 Å². The number of hydrogen-bond acceptors (Lipinski definition) is 3. The summed E-state index contributed by atoms with van der Waals surface area (Å²) in [6, 6.07) is 17.0. The van der Waals surface area contributed by atoms with Crippen LogP contribution in [-0.2, 0) is 16.0 Å². The Morgan fingerprint density at radius 1 is 0.958 bits per heavy atom. The number of para-hydroxylation sites is 2. The van der Waals surface area contributed by atoms with Crippen molar-refractivity contribution in [3.63, 3.8) is 0 Å². The van der Waals surface area contributed by atoms with Gasteiger partial charge in [0.05, 0.1) is 12.3 Å². The number of ether oxygens (including phenoxy) is 1. The Morgan fingerprint density at radius 3 is 2.42 bits per heavy atom. The van der Waals surface area contributed by atoms with Crippen molar-refractivity contribution < 1.29 is 14.3 Å². The van der Waals surface area contributed by atoms with Crippen molar-refractivity contribution >= 4 is 17.5 Å². The lowest BCUT2D eigenvalue weighted by Gasteiger charge is -2.11. The van der Waals surface area contributed by atoms with Gasteiger partial charge in [0.15, 0.2) is 0 Å². The first-order chi connectivity index (χ1) is 11.7. The predicted molar refractivity (Wildman–Crippen MR) is 94.0 cm³/mol. The molecule has 2 aromatic carbocycles. The molecular formula is C19H22N2O3. The van der Waals surface area contributed by atoms with Crippen molar-refractivity contribution in [3.8, 4) is 5.75 Å². The summed E-state index contributed by atoms with van der Waals surface area (Å²) in [5.41, 5.74) is 1.72. The standard InChI is InChI=1S/C19H22N2O3/c1-2-24-17-11-7-6-10-16(17)21-19(23)14-18(22)20-13-12-15-8-4-3-5-9-15/h3-11H,2,12-14H2,1H3,(H,20,22)(H,21,23). The van der Waals surface area contributed by atoms with Crippen molar-refractivity contribution in [1.82, 2.24) is 5.32 Å².